The molecule has 1 heterocycles. The zero-order chi connectivity index (χ0) is 13.3. The summed E-state index contributed by atoms with van der Waals surface area (Å²) >= 11 is 0. The summed E-state index contributed by atoms with van der Waals surface area (Å²) in [7, 11) is 0. The number of aromatic nitrogens is 1. The Hall–Kier alpha value is -1.90. The van der Waals surface area contributed by atoms with Gasteiger partial charge >= 0.3 is 0 Å². The van der Waals surface area contributed by atoms with Gasteiger partial charge in [0.15, 0.2) is 11.5 Å². The third-order valence-corrected chi connectivity index (χ3v) is 3.20. The van der Waals surface area contributed by atoms with Crippen LogP contribution in [0.5, 0.6) is 0 Å². The van der Waals surface area contributed by atoms with E-state index < -0.39 is 0 Å². The maximum absolute atomic E-state index is 11.8. The minimum absolute atomic E-state index is 0.149. The number of Topliss-reactive ketones (excluding diaryl/α,β-unsaturated/α-hetero) is 1. The standard InChI is InChI=1S/C15H17NO2/c1-5-14(17)12-6-9(2)11(4)13(8-12)15-7-10(3)16-18-15/h6-8H,5H2,1-4H3. The molecule has 0 radical (unpaired) electrons. The van der Waals surface area contributed by atoms with Crippen molar-refractivity contribution in [1.29, 1.82) is 0 Å². The molecule has 3 heteroatoms. The number of rotatable bonds is 3. The molecule has 0 fully saturated rings. The van der Waals surface area contributed by atoms with Gasteiger partial charge in [-0.2, -0.15) is 0 Å². The molecule has 1 aromatic heterocycles. The van der Waals surface area contributed by atoms with Crippen LogP contribution in [0.25, 0.3) is 11.3 Å². The molecule has 0 N–H and O–H groups in total. The fraction of sp³-hybridized carbons (Fsp3) is 0.333. The third-order valence-electron chi connectivity index (χ3n) is 3.20. The summed E-state index contributed by atoms with van der Waals surface area (Å²) in [6.07, 6.45) is 0.511. The fourth-order valence-electron chi connectivity index (χ4n) is 1.97. The van der Waals surface area contributed by atoms with Crippen molar-refractivity contribution in [2.75, 3.05) is 0 Å². The quantitative estimate of drug-likeness (QED) is 0.769. The smallest absolute Gasteiger partial charge is 0.167 e. The molecule has 0 atom stereocenters. The van der Waals surface area contributed by atoms with Crippen molar-refractivity contribution in [3.8, 4) is 11.3 Å². The average Bonchev–Trinajstić information content (AvgIpc) is 2.78. The van der Waals surface area contributed by atoms with E-state index in [1.54, 1.807) is 0 Å². The molecule has 1 aromatic carbocycles. The zero-order valence-corrected chi connectivity index (χ0v) is 11.2. The summed E-state index contributed by atoms with van der Waals surface area (Å²) in [5, 5.41) is 3.90. The Kier molecular flexibility index (Phi) is 3.32. The summed E-state index contributed by atoms with van der Waals surface area (Å²) in [6.45, 7) is 7.79. The second kappa shape index (κ2) is 4.77. The monoisotopic (exact) mass is 243 g/mol. The molecule has 0 spiro atoms. The van der Waals surface area contributed by atoms with E-state index in [1.165, 1.54) is 0 Å². The highest BCUT2D eigenvalue weighted by Crippen LogP contribution is 2.28. The SMILES string of the molecule is CCC(=O)c1cc(C)c(C)c(-c2cc(C)no2)c1. The van der Waals surface area contributed by atoms with Gasteiger partial charge in [-0.25, -0.2) is 0 Å². The van der Waals surface area contributed by atoms with Crippen LogP contribution in [-0.2, 0) is 0 Å². The lowest BCUT2D eigenvalue weighted by Gasteiger charge is -2.09. The van der Waals surface area contributed by atoms with Gasteiger partial charge in [-0.1, -0.05) is 12.1 Å². The van der Waals surface area contributed by atoms with Gasteiger partial charge in [0.2, 0.25) is 0 Å². The van der Waals surface area contributed by atoms with Gasteiger partial charge < -0.3 is 4.52 Å². The lowest BCUT2D eigenvalue weighted by atomic mass is 9.95. The zero-order valence-electron chi connectivity index (χ0n) is 11.2. The van der Waals surface area contributed by atoms with E-state index in [2.05, 4.69) is 5.16 Å². The molecule has 0 aliphatic carbocycles. The molecule has 0 aliphatic heterocycles. The van der Waals surface area contributed by atoms with Gasteiger partial charge in [-0.15, -0.1) is 0 Å². The molecule has 18 heavy (non-hydrogen) atoms. The molecule has 0 saturated heterocycles. The first-order valence-electron chi connectivity index (χ1n) is 6.11. The summed E-state index contributed by atoms with van der Waals surface area (Å²) in [6, 6.07) is 5.73. The first kappa shape index (κ1) is 12.6. The number of carbonyl (C=O) groups excluding carboxylic acids is 1. The normalized spacial score (nSPS) is 10.7. The van der Waals surface area contributed by atoms with Crippen LogP contribution in [0.1, 0.15) is 40.5 Å². The predicted octanol–water partition coefficient (Wildman–Crippen LogP) is 3.86. The Morgan fingerprint density at radius 1 is 1.22 bits per heavy atom. The molecule has 0 amide bonds. The fourth-order valence-corrected chi connectivity index (χ4v) is 1.97. The summed E-state index contributed by atoms with van der Waals surface area (Å²) in [5.41, 5.74) is 4.75. The topological polar surface area (TPSA) is 43.1 Å². The summed E-state index contributed by atoms with van der Waals surface area (Å²) in [5.74, 6) is 0.870. The first-order valence-corrected chi connectivity index (χ1v) is 6.11. The summed E-state index contributed by atoms with van der Waals surface area (Å²) < 4.78 is 5.29. The highest BCUT2D eigenvalue weighted by atomic mass is 16.5. The van der Waals surface area contributed by atoms with Crippen molar-refractivity contribution in [2.24, 2.45) is 0 Å². The molecule has 0 saturated carbocycles. The van der Waals surface area contributed by atoms with Crippen molar-refractivity contribution in [3.05, 3.63) is 40.6 Å². The lowest BCUT2D eigenvalue weighted by Crippen LogP contribution is -1.99. The minimum Gasteiger partial charge on any atom is -0.356 e. The van der Waals surface area contributed by atoms with Gasteiger partial charge in [0, 0.05) is 23.6 Å². The second-order valence-corrected chi connectivity index (χ2v) is 4.57. The largest absolute Gasteiger partial charge is 0.356 e. The van der Waals surface area contributed by atoms with Crippen LogP contribution in [0.3, 0.4) is 0 Å². The molecular formula is C15H17NO2. The number of hydrogen-bond donors (Lipinski definition) is 0. The van der Waals surface area contributed by atoms with Crippen molar-refractivity contribution < 1.29 is 9.32 Å². The Morgan fingerprint density at radius 2 is 1.94 bits per heavy atom. The van der Waals surface area contributed by atoms with Crippen molar-refractivity contribution >= 4 is 5.78 Å². The predicted molar refractivity (Wildman–Crippen MR) is 70.8 cm³/mol. The number of benzene rings is 1. The van der Waals surface area contributed by atoms with Gasteiger partial charge in [-0.05, 0) is 44.0 Å². The highest BCUT2D eigenvalue weighted by Gasteiger charge is 2.13. The third kappa shape index (κ3) is 2.21. The number of hydrogen-bond acceptors (Lipinski definition) is 3. The average molecular weight is 243 g/mol. The van der Waals surface area contributed by atoms with Crippen LogP contribution in [0.15, 0.2) is 22.7 Å². The second-order valence-electron chi connectivity index (χ2n) is 4.57. The molecule has 0 unspecified atom stereocenters. The van der Waals surface area contributed by atoms with Crippen LogP contribution < -0.4 is 0 Å². The Morgan fingerprint density at radius 3 is 2.50 bits per heavy atom. The van der Waals surface area contributed by atoms with Gasteiger partial charge in [0.05, 0.1) is 5.69 Å². The van der Waals surface area contributed by atoms with Crippen molar-refractivity contribution in [2.45, 2.75) is 34.1 Å². The highest BCUT2D eigenvalue weighted by molar-refractivity contribution is 5.97. The van der Waals surface area contributed by atoms with E-state index in [4.69, 9.17) is 4.52 Å². The first-order chi connectivity index (χ1) is 8.52. The van der Waals surface area contributed by atoms with E-state index in [0.29, 0.717) is 6.42 Å². The van der Waals surface area contributed by atoms with E-state index in [9.17, 15) is 4.79 Å². The molecule has 0 aliphatic rings. The molecule has 94 valence electrons. The van der Waals surface area contributed by atoms with Gasteiger partial charge in [0.25, 0.3) is 0 Å². The molecule has 2 rings (SSSR count). The Balaban J connectivity index is 2.59. The minimum atomic E-state index is 0.149. The van der Waals surface area contributed by atoms with Gasteiger partial charge in [0.1, 0.15) is 0 Å². The lowest BCUT2D eigenvalue weighted by molar-refractivity contribution is 0.0988. The molecular weight excluding hydrogens is 226 g/mol. The molecule has 0 bridgehead atoms. The van der Waals surface area contributed by atoms with Crippen molar-refractivity contribution in [3.63, 3.8) is 0 Å². The van der Waals surface area contributed by atoms with Crippen LogP contribution in [0.4, 0.5) is 0 Å². The maximum Gasteiger partial charge on any atom is 0.167 e. The van der Waals surface area contributed by atoms with Gasteiger partial charge in [-0.3, -0.25) is 4.79 Å². The van der Waals surface area contributed by atoms with Crippen LogP contribution >= 0.6 is 0 Å². The number of aryl methyl sites for hydroxylation is 2. The number of nitrogens with zero attached hydrogens (tertiary/aromatic N) is 1. The number of carbonyl (C=O) groups is 1. The van der Waals surface area contributed by atoms with Crippen LogP contribution in [-0.4, -0.2) is 10.9 Å². The van der Waals surface area contributed by atoms with Crippen LogP contribution in [0, 0.1) is 20.8 Å². The summed E-state index contributed by atoms with van der Waals surface area (Å²) in [4.78, 5) is 11.8. The van der Waals surface area contributed by atoms with Crippen LogP contribution in [0.2, 0.25) is 0 Å². The van der Waals surface area contributed by atoms with E-state index >= 15 is 0 Å². The van der Waals surface area contributed by atoms with Crippen molar-refractivity contribution in [1.82, 2.24) is 5.16 Å². The van der Waals surface area contributed by atoms with E-state index in [0.717, 1.165) is 33.7 Å². The van der Waals surface area contributed by atoms with E-state index in [1.807, 2.05) is 45.9 Å². The Labute approximate surface area is 107 Å². The van der Waals surface area contributed by atoms with E-state index in [-0.39, 0.29) is 5.78 Å². The maximum atomic E-state index is 11.8. The molecule has 3 nitrogen and oxygen atoms in total. The Bertz CT molecular complexity index is 597. The number of ketones is 1. The molecule has 2 aromatic rings.